The number of rotatable bonds is 7. The summed E-state index contributed by atoms with van der Waals surface area (Å²) in [7, 11) is 0. The van der Waals surface area contributed by atoms with Gasteiger partial charge in [0.05, 0.1) is 17.6 Å². The van der Waals surface area contributed by atoms with E-state index in [2.05, 4.69) is 17.4 Å². The molecule has 0 unspecified atom stereocenters. The average Bonchev–Trinajstić information content (AvgIpc) is 3.07. The molecule has 0 fully saturated rings. The highest BCUT2D eigenvalue weighted by Crippen LogP contribution is 2.20. The number of nitrogens with zero attached hydrogens (tertiary/aromatic N) is 2. The molecule has 1 heterocycles. The van der Waals surface area contributed by atoms with Crippen molar-refractivity contribution < 1.29 is 9.53 Å². The molecule has 5 heteroatoms. The van der Waals surface area contributed by atoms with Gasteiger partial charge in [-0.15, -0.1) is 0 Å². The van der Waals surface area contributed by atoms with Crippen molar-refractivity contribution in [2.24, 2.45) is 0 Å². The van der Waals surface area contributed by atoms with Crippen LogP contribution in [0.5, 0.6) is 5.75 Å². The third kappa shape index (κ3) is 4.46. The van der Waals surface area contributed by atoms with Crippen molar-refractivity contribution in [1.29, 1.82) is 0 Å². The Kier molecular flexibility index (Phi) is 5.56. The normalized spacial score (nSPS) is 10.8. The Morgan fingerprint density at radius 1 is 0.966 bits per heavy atom. The molecule has 4 aromatic rings. The first-order valence-electron chi connectivity index (χ1n) is 9.73. The van der Waals surface area contributed by atoms with Crippen molar-refractivity contribution in [3.63, 3.8) is 0 Å². The lowest BCUT2D eigenvalue weighted by Crippen LogP contribution is -2.20. The van der Waals surface area contributed by atoms with Crippen LogP contribution in [-0.2, 0) is 17.8 Å². The first-order valence-corrected chi connectivity index (χ1v) is 9.73. The SMILES string of the molecule is CCOc1ccc(NC(=O)Cn2c(Cc3ccccc3)nc3ccccc32)cc1. The van der Waals surface area contributed by atoms with Crippen molar-refractivity contribution in [3.05, 3.63) is 90.3 Å². The summed E-state index contributed by atoms with van der Waals surface area (Å²) in [6.45, 7) is 2.76. The zero-order valence-electron chi connectivity index (χ0n) is 16.3. The monoisotopic (exact) mass is 385 g/mol. The molecule has 1 N–H and O–H groups in total. The Balaban J connectivity index is 1.56. The second kappa shape index (κ2) is 8.61. The van der Waals surface area contributed by atoms with E-state index in [1.165, 1.54) is 0 Å². The molecular weight excluding hydrogens is 362 g/mol. The summed E-state index contributed by atoms with van der Waals surface area (Å²) in [4.78, 5) is 17.5. The third-order valence-corrected chi connectivity index (χ3v) is 4.69. The van der Waals surface area contributed by atoms with Gasteiger partial charge in [0.2, 0.25) is 5.91 Å². The maximum atomic E-state index is 12.7. The number of para-hydroxylation sites is 2. The number of hydrogen-bond acceptors (Lipinski definition) is 3. The highest BCUT2D eigenvalue weighted by molar-refractivity contribution is 5.91. The standard InChI is InChI=1S/C24H23N3O2/c1-2-29-20-14-12-19(13-15-20)25-24(28)17-27-22-11-7-6-10-21(22)26-23(27)16-18-8-4-3-5-9-18/h3-15H,2,16-17H2,1H3,(H,25,28). The van der Waals surface area contributed by atoms with Gasteiger partial charge in [-0.3, -0.25) is 4.79 Å². The summed E-state index contributed by atoms with van der Waals surface area (Å²) in [5.74, 6) is 1.57. The Morgan fingerprint density at radius 2 is 1.69 bits per heavy atom. The number of imidazole rings is 1. The van der Waals surface area contributed by atoms with Gasteiger partial charge in [-0.1, -0.05) is 42.5 Å². The van der Waals surface area contributed by atoms with Crippen LogP contribution in [-0.4, -0.2) is 22.1 Å². The van der Waals surface area contributed by atoms with E-state index in [1.807, 2.05) is 78.2 Å². The number of benzene rings is 3. The number of ether oxygens (including phenoxy) is 1. The van der Waals surface area contributed by atoms with Crippen LogP contribution in [0.15, 0.2) is 78.9 Å². The molecule has 0 radical (unpaired) electrons. The van der Waals surface area contributed by atoms with Crippen LogP contribution in [0.3, 0.4) is 0 Å². The van der Waals surface area contributed by atoms with E-state index in [-0.39, 0.29) is 12.5 Å². The van der Waals surface area contributed by atoms with Crippen LogP contribution in [0.1, 0.15) is 18.3 Å². The Morgan fingerprint density at radius 3 is 2.45 bits per heavy atom. The van der Waals surface area contributed by atoms with Gasteiger partial charge in [-0.25, -0.2) is 4.98 Å². The Bertz CT molecular complexity index is 1100. The first-order chi connectivity index (χ1) is 14.2. The van der Waals surface area contributed by atoms with Crippen LogP contribution in [0.2, 0.25) is 0 Å². The average molecular weight is 385 g/mol. The van der Waals surface area contributed by atoms with E-state index < -0.39 is 0 Å². The second-order valence-electron chi connectivity index (χ2n) is 6.77. The summed E-state index contributed by atoms with van der Waals surface area (Å²) in [6.07, 6.45) is 0.672. The van der Waals surface area contributed by atoms with Crippen molar-refractivity contribution in [2.75, 3.05) is 11.9 Å². The minimum atomic E-state index is -0.0911. The van der Waals surface area contributed by atoms with E-state index >= 15 is 0 Å². The summed E-state index contributed by atoms with van der Waals surface area (Å²) < 4.78 is 7.44. The fraction of sp³-hybridized carbons (Fsp3) is 0.167. The van der Waals surface area contributed by atoms with E-state index in [0.717, 1.165) is 33.9 Å². The lowest BCUT2D eigenvalue weighted by molar-refractivity contribution is -0.116. The summed E-state index contributed by atoms with van der Waals surface area (Å²) in [5.41, 5.74) is 3.76. The smallest absolute Gasteiger partial charge is 0.244 e. The number of fused-ring (bicyclic) bond motifs is 1. The zero-order chi connectivity index (χ0) is 20.1. The van der Waals surface area contributed by atoms with Gasteiger partial charge < -0.3 is 14.6 Å². The van der Waals surface area contributed by atoms with Gasteiger partial charge >= 0.3 is 0 Å². The molecule has 0 atom stereocenters. The summed E-state index contributed by atoms with van der Waals surface area (Å²) in [5, 5.41) is 2.96. The van der Waals surface area contributed by atoms with E-state index in [4.69, 9.17) is 9.72 Å². The van der Waals surface area contributed by atoms with E-state index in [0.29, 0.717) is 13.0 Å². The van der Waals surface area contributed by atoms with Crippen molar-refractivity contribution >= 4 is 22.6 Å². The van der Waals surface area contributed by atoms with Crippen LogP contribution in [0.25, 0.3) is 11.0 Å². The molecule has 0 saturated carbocycles. The molecule has 4 rings (SSSR count). The van der Waals surface area contributed by atoms with Gasteiger partial charge in [0.1, 0.15) is 18.1 Å². The van der Waals surface area contributed by atoms with Crippen LogP contribution in [0.4, 0.5) is 5.69 Å². The van der Waals surface area contributed by atoms with Crippen molar-refractivity contribution in [1.82, 2.24) is 9.55 Å². The van der Waals surface area contributed by atoms with Gasteiger partial charge in [0.15, 0.2) is 0 Å². The molecule has 0 aliphatic carbocycles. The molecule has 1 amide bonds. The molecule has 0 aliphatic heterocycles. The second-order valence-corrected chi connectivity index (χ2v) is 6.77. The van der Waals surface area contributed by atoms with Crippen LogP contribution >= 0.6 is 0 Å². The number of nitrogens with one attached hydrogen (secondary N) is 1. The van der Waals surface area contributed by atoms with Crippen LogP contribution in [0, 0.1) is 0 Å². The van der Waals surface area contributed by atoms with Gasteiger partial charge in [-0.05, 0) is 48.9 Å². The topological polar surface area (TPSA) is 56.1 Å². The quantitative estimate of drug-likeness (QED) is 0.503. The lowest BCUT2D eigenvalue weighted by atomic mass is 10.1. The largest absolute Gasteiger partial charge is 0.494 e. The predicted octanol–water partition coefficient (Wildman–Crippen LogP) is 4.66. The first kappa shape index (κ1) is 18.7. The highest BCUT2D eigenvalue weighted by atomic mass is 16.5. The highest BCUT2D eigenvalue weighted by Gasteiger charge is 2.14. The number of anilines is 1. The van der Waals surface area contributed by atoms with E-state index in [9.17, 15) is 4.79 Å². The van der Waals surface area contributed by atoms with E-state index in [1.54, 1.807) is 0 Å². The summed E-state index contributed by atoms with van der Waals surface area (Å²) >= 11 is 0. The number of aromatic nitrogens is 2. The lowest BCUT2D eigenvalue weighted by Gasteiger charge is -2.11. The summed E-state index contributed by atoms with van der Waals surface area (Å²) in [6, 6.07) is 25.5. The number of amides is 1. The minimum absolute atomic E-state index is 0.0911. The van der Waals surface area contributed by atoms with Gasteiger partial charge in [0.25, 0.3) is 0 Å². The molecule has 5 nitrogen and oxygen atoms in total. The maximum Gasteiger partial charge on any atom is 0.244 e. The maximum absolute atomic E-state index is 12.7. The van der Waals surface area contributed by atoms with Gasteiger partial charge in [-0.2, -0.15) is 0 Å². The molecule has 0 spiro atoms. The van der Waals surface area contributed by atoms with Crippen LogP contribution < -0.4 is 10.1 Å². The van der Waals surface area contributed by atoms with Gasteiger partial charge in [0, 0.05) is 12.1 Å². The van der Waals surface area contributed by atoms with Crippen molar-refractivity contribution in [3.8, 4) is 5.75 Å². The minimum Gasteiger partial charge on any atom is -0.494 e. The fourth-order valence-electron chi connectivity index (χ4n) is 3.36. The number of carbonyl (C=O) groups is 1. The number of hydrogen-bond donors (Lipinski definition) is 1. The molecular formula is C24H23N3O2. The van der Waals surface area contributed by atoms with Crippen molar-refractivity contribution in [2.45, 2.75) is 19.9 Å². The molecule has 0 saturated heterocycles. The molecule has 146 valence electrons. The molecule has 0 aliphatic rings. The zero-order valence-corrected chi connectivity index (χ0v) is 16.3. The third-order valence-electron chi connectivity index (χ3n) is 4.69. The molecule has 29 heavy (non-hydrogen) atoms. The Hall–Kier alpha value is -3.60. The molecule has 0 bridgehead atoms. The molecule has 1 aromatic heterocycles. The number of carbonyl (C=O) groups excluding carboxylic acids is 1. The predicted molar refractivity (Wildman–Crippen MR) is 115 cm³/mol. The molecule has 3 aromatic carbocycles. The fourth-order valence-corrected chi connectivity index (χ4v) is 3.36. The Labute approximate surface area is 170 Å².